The van der Waals surface area contributed by atoms with Gasteiger partial charge < -0.3 is 4.74 Å². The van der Waals surface area contributed by atoms with Crippen molar-refractivity contribution in [2.24, 2.45) is 0 Å². The van der Waals surface area contributed by atoms with Crippen molar-refractivity contribution in [1.29, 1.82) is 0 Å². The molecule has 0 N–H and O–H groups in total. The van der Waals surface area contributed by atoms with Gasteiger partial charge in [0.05, 0.1) is 29.3 Å². The van der Waals surface area contributed by atoms with E-state index >= 15 is 0 Å². The van der Waals surface area contributed by atoms with Crippen molar-refractivity contribution in [2.45, 2.75) is 23.6 Å². The van der Waals surface area contributed by atoms with E-state index in [2.05, 4.69) is 9.97 Å². The maximum Gasteiger partial charge on any atom is 0.416 e. The van der Waals surface area contributed by atoms with Crippen LogP contribution in [0.4, 0.5) is 13.2 Å². The monoisotopic (exact) mass is 491 g/mol. The second kappa shape index (κ2) is 9.36. The summed E-state index contributed by atoms with van der Waals surface area (Å²) in [6.45, 7) is -0.274. The van der Waals surface area contributed by atoms with Crippen molar-refractivity contribution in [3.63, 3.8) is 0 Å². The summed E-state index contributed by atoms with van der Waals surface area (Å²) in [4.78, 5) is 33.8. The molecule has 0 saturated carbocycles. The van der Waals surface area contributed by atoms with Gasteiger partial charge in [-0.25, -0.2) is 9.97 Å². The summed E-state index contributed by atoms with van der Waals surface area (Å²) in [7, 11) is 1.24. The Morgan fingerprint density at radius 1 is 1.12 bits per heavy atom. The molecule has 170 valence electrons. The number of hydrogen-bond acceptors (Lipinski definition) is 7. The lowest BCUT2D eigenvalue weighted by atomic mass is 10.1. The molecule has 0 amide bonds. The van der Waals surface area contributed by atoms with Gasteiger partial charge in [-0.1, -0.05) is 36.0 Å². The van der Waals surface area contributed by atoms with Crippen LogP contribution in [0.3, 0.4) is 0 Å². The van der Waals surface area contributed by atoms with E-state index in [1.54, 1.807) is 29.6 Å². The lowest BCUT2D eigenvalue weighted by Gasteiger charge is -2.11. The Bertz CT molecular complexity index is 1370. The van der Waals surface area contributed by atoms with Crippen LogP contribution in [0, 0.1) is 0 Å². The lowest BCUT2D eigenvalue weighted by Crippen LogP contribution is -2.27. The zero-order chi connectivity index (χ0) is 23.6. The maximum atomic E-state index is 12.9. The highest BCUT2D eigenvalue weighted by molar-refractivity contribution is 7.98. The Balaban J connectivity index is 1.58. The predicted molar refractivity (Wildman–Crippen MR) is 120 cm³/mol. The second-order valence-corrected chi connectivity index (χ2v) is 8.69. The van der Waals surface area contributed by atoms with Crippen LogP contribution in [0.25, 0.3) is 21.5 Å². The molecule has 0 unspecified atom stereocenters. The summed E-state index contributed by atoms with van der Waals surface area (Å²) in [6.07, 6.45) is -4.39. The lowest BCUT2D eigenvalue weighted by molar-refractivity contribution is -0.141. The summed E-state index contributed by atoms with van der Waals surface area (Å²) < 4.78 is 44.3. The van der Waals surface area contributed by atoms with Crippen molar-refractivity contribution in [3.8, 4) is 10.6 Å². The minimum atomic E-state index is -4.39. The Morgan fingerprint density at radius 3 is 2.55 bits per heavy atom. The third kappa shape index (κ3) is 5.09. The van der Waals surface area contributed by atoms with E-state index in [0.717, 1.165) is 12.1 Å². The molecule has 6 nitrogen and oxygen atoms in total. The van der Waals surface area contributed by atoms with Crippen molar-refractivity contribution < 1.29 is 22.7 Å². The average molecular weight is 492 g/mol. The number of methoxy groups -OCH3 is 1. The first kappa shape index (κ1) is 23.0. The fourth-order valence-corrected chi connectivity index (χ4v) is 4.86. The van der Waals surface area contributed by atoms with Crippen LogP contribution in [-0.2, 0) is 28.0 Å². The fourth-order valence-electron chi connectivity index (χ4n) is 3.04. The van der Waals surface area contributed by atoms with Gasteiger partial charge in [0.15, 0.2) is 5.16 Å². The molecule has 33 heavy (non-hydrogen) atoms. The van der Waals surface area contributed by atoms with Gasteiger partial charge >= 0.3 is 12.1 Å². The average Bonchev–Trinajstić information content (AvgIpc) is 3.28. The van der Waals surface area contributed by atoms with Crippen LogP contribution in [0.1, 0.15) is 11.3 Å². The molecule has 0 atom stereocenters. The van der Waals surface area contributed by atoms with Gasteiger partial charge in [0.2, 0.25) is 0 Å². The molecule has 2 aromatic carbocycles. The number of thiazole rings is 1. The van der Waals surface area contributed by atoms with Crippen molar-refractivity contribution in [1.82, 2.24) is 14.5 Å². The van der Waals surface area contributed by atoms with Gasteiger partial charge in [0.25, 0.3) is 5.56 Å². The van der Waals surface area contributed by atoms with E-state index in [1.807, 2.05) is 0 Å². The summed E-state index contributed by atoms with van der Waals surface area (Å²) in [5, 5.41) is 3.11. The Morgan fingerprint density at radius 2 is 1.85 bits per heavy atom. The molecule has 0 spiro atoms. The Hall–Kier alpha value is -3.18. The highest BCUT2D eigenvalue weighted by atomic mass is 32.2. The molecule has 0 aliphatic rings. The number of fused-ring (bicyclic) bond motifs is 1. The predicted octanol–water partition coefficient (Wildman–Crippen LogP) is 5.00. The van der Waals surface area contributed by atoms with Crippen LogP contribution in [0.5, 0.6) is 0 Å². The first-order chi connectivity index (χ1) is 15.8. The molecule has 4 aromatic rings. The minimum Gasteiger partial charge on any atom is -0.468 e. The van der Waals surface area contributed by atoms with Crippen molar-refractivity contribution >= 4 is 40.0 Å². The van der Waals surface area contributed by atoms with E-state index < -0.39 is 17.7 Å². The van der Waals surface area contributed by atoms with Gasteiger partial charge in [-0.3, -0.25) is 14.2 Å². The van der Waals surface area contributed by atoms with Crippen LogP contribution < -0.4 is 5.56 Å². The summed E-state index contributed by atoms with van der Waals surface area (Å²) in [5.41, 5.74) is 0.694. The number of esters is 1. The molecule has 0 bridgehead atoms. The summed E-state index contributed by atoms with van der Waals surface area (Å²) in [5.74, 6) is -0.224. The number of aromatic nitrogens is 3. The molecule has 0 aliphatic heterocycles. The van der Waals surface area contributed by atoms with E-state index in [4.69, 9.17) is 4.74 Å². The molecule has 4 rings (SSSR count). The molecule has 0 fully saturated rings. The molecular formula is C22H16F3N3O3S2. The Kier molecular flexibility index (Phi) is 6.52. The smallest absolute Gasteiger partial charge is 0.416 e. The van der Waals surface area contributed by atoms with E-state index in [1.165, 1.54) is 46.9 Å². The number of benzene rings is 2. The van der Waals surface area contributed by atoms with Crippen molar-refractivity contribution in [3.05, 3.63) is 75.5 Å². The van der Waals surface area contributed by atoms with Crippen LogP contribution in [0.15, 0.2) is 63.9 Å². The van der Waals surface area contributed by atoms with Gasteiger partial charge in [0, 0.05) is 16.7 Å². The number of carbonyl (C=O) groups excluding carboxylic acids is 1. The fraction of sp³-hybridized carbons (Fsp3) is 0.182. The zero-order valence-corrected chi connectivity index (χ0v) is 18.8. The van der Waals surface area contributed by atoms with Gasteiger partial charge in [-0.2, -0.15) is 13.2 Å². The molecule has 0 radical (unpaired) electrons. The molecule has 2 heterocycles. The Labute approximate surface area is 194 Å². The first-order valence-electron chi connectivity index (χ1n) is 9.57. The van der Waals surface area contributed by atoms with E-state index in [9.17, 15) is 22.8 Å². The van der Waals surface area contributed by atoms with Gasteiger partial charge in [-0.15, -0.1) is 11.3 Å². The van der Waals surface area contributed by atoms with Crippen LogP contribution in [0.2, 0.25) is 0 Å². The second-order valence-electron chi connectivity index (χ2n) is 6.89. The third-order valence-corrected chi connectivity index (χ3v) is 6.65. The first-order valence-corrected chi connectivity index (χ1v) is 11.4. The molecule has 0 aliphatic carbocycles. The number of ether oxygens (including phenoxy) is 1. The molecule has 0 saturated heterocycles. The highest BCUT2D eigenvalue weighted by Gasteiger charge is 2.30. The summed E-state index contributed by atoms with van der Waals surface area (Å²) >= 11 is 2.54. The number of rotatable bonds is 6. The number of thioether (sulfide) groups is 1. The third-order valence-electron chi connectivity index (χ3n) is 4.70. The zero-order valence-electron chi connectivity index (χ0n) is 17.1. The molecule has 2 aromatic heterocycles. The molecular weight excluding hydrogens is 475 g/mol. The maximum absolute atomic E-state index is 12.9. The van der Waals surface area contributed by atoms with E-state index in [0.29, 0.717) is 38.1 Å². The number of alkyl halides is 3. The highest BCUT2D eigenvalue weighted by Crippen LogP contribution is 2.32. The van der Waals surface area contributed by atoms with Crippen LogP contribution in [-0.4, -0.2) is 27.6 Å². The number of halogens is 3. The number of nitrogens with zero attached hydrogens (tertiary/aromatic N) is 3. The number of para-hydroxylation sites is 1. The van der Waals surface area contributed by atoms with Crippen molar-refractivity contribution in [2.75, 3.05) is 7.11 Å². The summed E-state index contributed by atoms with van der Waals surface area (Å²) in [6, 6.07) is 11.7. The minimum absolute atomic E-state index is 0.274. The van der Waals surface area contributed by atoms with Gasteiger partial charge in [0.1, 0.15) is 11.6 Å². The topological polar surface area (TPSA) is 74.1 Å². The number of carbonyl (C=O) groups is 1. The number of hydrogen-bond donors (Lipinski definition) is 0. The quantitative estimate of drug-likeness (QED) is 0.215. The standard InChI is InChI=1S/C22H16F3N3O3S2/c1-31-18(29)10-28-20(30)16-4-2-3-5-17(16)27-21(28)33-12-15-11-32-19(26-15)13-6-8-14(9-7-13)22(23,24)25/h2-9,11H,10,12H2,1H3. The SMILES string of the molecule is COC(=O)Cn1c(SCc2csc(-c3ccc(C(F)(F)F)cc3)n2)nc2ccccc2c1=O. The largest absolute Gasteiger partial charge is 0.468 e. The van der Waals surface area contributed by atoms with E-state index in [-0.39, 0.29) is 12.1 Å². The molecule has 11 heteroatoms. The van der Waals surface area contributed by atoms with Crippen LogP contribution >= 0.6 is 23.1 Å². The normalized spacial score (nSPS) is 11.6. The van der Waals surface area contributed by atoms with Gasteiger partial charge in [-0.05, 0) is 24.3 Å².